The molecular weight excluding hydrogens is 260 g/mol. The monoisotopic (exact) mass is 288 g/mol. The van der Waals surface area contributed by atoms with Crippen LogP contribution in [-0.2, 0) is 0 Å². The summed E-state index contributed by atoms with van der Waals surface area (Å²) in [5, 5.41) is 10.5. The second kappa shape index (κ2) is 5.01. The molecule has 1 aliphatic heterocycles. The van der Waals surface area contributed by atoms with Crippen LogP contribution < -0.4 is 4.74 Å². The first-order valence-electron chi connectivity index (χ1n) is 8.27. The van der Waals surface area contributed by atoms with E-state index in [2.05, 4.69) is 39.8 Å². The van der Waals surface area contributed by atoms with Gasteiger partial charge in [0.2, 0.25) is 0 Å². The molecule has 2 aliphatic rings. The van der Waals surface area contributed by atoms with Gasteiger partial charge in [0.25, 0.3) is 0 Å². The van der Waals surface area contributed by atoms with Crippen LogP contribution in [-0.4, -0.2) is 10.7 Å². The largest absolute Gasteiger partial charge is 0.487 e. The Morgan fingerprint density at radius 3 is 2.48 bits per heavy atom. The predicted molar refractivity (Wildman–Crippen MR) is 85.5 cm³/mol. The number of ether oxygens (including phenoxy) is 1. The van der Waals surface area contributed by atoms with Crippen LogP contribution in [0.4, 0.5) is 0 Å². The quantitative estimate of drug-likeness (QED) is 0.744. The maximum atomic E-state index is 10.5. The average molecular weight is 288 g/mol. The minimum Gasteiger partial charge on any atom is -0.487 e. The molecule has 116 valence electrons. The van der Waals surface area contributed by atoms with Crippen LogP contribution in [0.15, 0.2) is 18.2 Å². The van der Waals surface area contributed by atoms with E-state index in [1.54, 1.807) is 0 Å². The second-order valence-corrected chi connectivity index (χ2v) is 8.19. The lowest BCUT2D eigenvalue weighted by Crippen LogP contribution is -2.45. The number of aliphatic hydroxyl groups excluding tert-OH is 1. The highest BCUT2D eigenvalue weighted by molar-refractivity contribution is 5.41. The van der Waals surface area contributed by atoms with Gasteiger partial charge in [0.05, 0.1) is 6.10 Å². The first kappa shape index (κ1) is 14.9. The Balaban J connectivity index is 1.79. The van der Waals surface area contributed by atoms with E-state index in [0.717, 1.165) is 36.5 Å². The van der Waals surface area contributed by atoms with Crippen LogP contribution in [0.3, 0.4) is 0 Å². The molecule has 1 spiro atoms. The summed E-state index contributed by atoms with van der Waals surface area (Å²) in [5.41, 5.74) is 2.40. The van der Waals surface area contributed by atoms with E-state index in [4.69, 9.17) is 4.74 Å². The van der Waals surface area contributed by atoms with E-state index in [9.17, 15) is 5.11 Å². The van der Waals surface area contributed by atoms with Crippen LogP contribution in [0.1, 0.15) is 70.1 Å². The normalized spacial score (nSPS) is 32.6. The van der Waals surface area contributed by atoms with E-state index in [-0.39, 0.29) is 11.7 Å². The highest BCUT2D eigenvalue weighted by atomic mass is 16.5. The molecule has 1 aliphatic carbocycles. The van der Waals surface area contributed by atoms with Crippen molar-refractivity contribution in [3.63, 3.8) is 0 Å². The van der Waals surface area contributed by atoms with Crippen molar-refractivity contribution < 1.29 is 9.84 Å². The van der Waals surface area contributed by atoms with Gasteiger partial charge in [-0.3, -0.25) is 0 Å². The molecule has 3 rings (SSSR count). The lowest BCUT2D eigenvalue weighted by Gasteiger charge is -2.47. The Morgan fingerprint density at radius 2 is 1.86 bits per heavy atom. The highest BCUT2D eigenvalue weighted by Crippen LogP contribution is 2.49. The van der Waals surface area contributed by atoms with Gasteiger partial charge in [-0.25, -0.2) is 0 Å². The van der Waals surface area contributed by atoms with E-state index in [1.165, 1.54) is 18.4 Å². The molecule has 1 aromatic rings. The summed E-state index contributed by atoms with van der Waals surface area (Å²) in [7, 11) is 0. The lowest BCUT2D eigenvalue weighted by atomic mass is 9.66. The molecule has 1 heterocycles. The Bertz CT molecular complexity index is 519. The lowest BCUT2D eigenvalue weighted by molar-refractivity contribution is -0.0564. The van der Waals surface area contributed by atoms with E-state index in [0.29, 0.717) is 5.41 Å². The first-order valence-corrected chi connectivity index (χ1v) is 8.27. The zero-order chi connectivity index (χ0) is 15.3. The predicted octanol–water partition coefficient (Wildman–Crippen LogP) is 4.79. The first-order chi connectivity index (χ1) is 9.79. The smallest absolute Gasteiger partial charge is 0.125 e. The Hall–Kier alpha value is -1.02. The molecule has 0 radical (unpaired) electrons. The molecule has 1 saturated carbocycles. The minimum absolute atomic E-state index is 0.135. The van der Waals surface area contributed by atoms with Gasteiger partial charge in [0.1, 0.15) is 11.4 Å². The molecule has 0 bridgehead atoms. The summed E-state index contributed by atoms with van der Waals surface area (Å²) < 4.78 is 6.39. The molecule has 2 heteroatoms. The highest BCUT2D eigenvalue weighted by Gasteiger charge is 2.44. The van der Waals surface area contributed by atoms with Crippen molar-refractivity contribution in [3.05, 3.63) is 29.3 Å². The molecule has 1 N–H and O–H groups in total. The number of aryl methyl sites for hydroxylation is 1. The van der Waals surface area contributed by atoms with E-state index < -0.39 is 0 Å². The minimum atomic E-state index is -0.375. The molecule has 1 aromatic carbocycles. The summed E-state index contributed by atoms with van der Waals surface area (Å²) in [6.45, 7) is 9.07. The number of benzene rings is 1. The molecule has 0 amide bonds. The molecule has 0 aromatic heterocycles. The Labute approximate surface area is 128 Å². The van der Waals surface area contributed by atoms with E-state index in [1.807, 2.05) is 6.07 Å². The molecule has 0 saturated heterocycles. The fourth-order valence-corrected chi connectivity index (χ4v) is 4.07. The number of rotatable bonds is 0. The van der Waals surface area contributed by atoms with Gasteiger partial charge in [-0.2, -0.15) is 0 Å². The van der Waals surface area contributed by atoms with Crippen LogP contribution >= 0.6 is 0 Å². The van der Waals surface area contributed by atoms with Crippen molar-refractivity contribution in [3.8, 4) is 5.75 Å². The molecule has 1 atom stereocenters. The van der Waals surface area contributed by atoms with Crippen molar-refractivity contribution in [2.24, 2.45) is 11.3 Å². The number of aliphatic hydroxyl groups is 1. The van der Waals surface area contributed by atoms with Crippen molar-refractivity contribution in [2.45, 2.75) is 71.5 Å². The molecule has 1 fully saturated rings. The second-order valence-electron chi connectivity index (χ2n) is 8.19. The summed E-state index contributed by atoms with van der Waals surface area (Å²) in [6.07, 6.45) is 4.92. The van der Waals surface area contributed by atoms with Crippen LogP contribution in [0, 0.1) is 18.3 Å². The van der Waals surface area contributed by atoms with Crippen molar-refractivity contribution >= 4 is 0 Å². The SMILES string of the molecule is Cc1ccc2c(c1)[C@H](O)CC1(CCC(C(C)(C)C)CC1)O2. The van der Waals surface area contributed by atoms with E-state index >= 15 is 0 Å². The number of hydrogen-bond donors (Lipinski definition) is 1. The third kappa shape index (κ3) is 2.83. The third-order valence-corrected chi connectivity index (χ3v) is 5.54. The Morgan fingerprint density at radius 1 is 1.19 bits per heavy atom. The van der Waals surface area contributed by atoms with Gasteiger partial charge < -0.3 is 9.84 Å². The molecule has 21 heavy (non-hydrogen) atoms. The zero-order valence-corrected chi connectivity index (χ0v) is 13.8. The Kier molecular flexibility index (Phi) is 3.56. The van der Waals surface area contributed by atoms with Crippen LogP contribution in [0.25, 0.3) is 0 Å². The van der Waals surface area contributed by atoms with Gasteiger partial charge in [-0.15, -0.1) is 0 Å². The average Bonchev–Trinajstić information content (AvgIpc) is 2.39. The van der Waals surface area contributed by atoms with Crippen LogP contribution in [0.5, 0.6) is 5.75 Å². The third-order valence-electron chi connectivity index (χ3n) is 5.54. The summed E-state index contributed by atoms with van der Waals surface area (Å²) in [6, 6.07) is 6.17. The summed E-state index contributed by atoms with van der Waals surface area (Å²) in [5.74, 6) is 1.66. The van der Waals surface area contributed by atoms with Gasteiger partial charge in [-0.1, -0.05) is 32.4 Å². The fraction of sp³-hybridized carbons (Fsp3) is 0.684. The van der Waals surface area contributed by atoms with Crippen molar-refractivity contribution in [2.75, 3.05) is 0 Å². The van der Waals surface area contributed by atoms with Gasteiger partial charge >= 0.3 is 0 Å². The van der Waals surface area contributed by atoms with Gasteiger partial charge in [0, 0.05) is 12.0 Å². The summed E-state index contributed by atoms with van der Waals surface area (Å²) >= 11 is 0. The summed E-state index contributed by atoms with van der Waals surface area (Å²) in [4.78, 5) is 0. The number of fused-ring (bicyclic) bond motifs is 1. The fourth-order valence-electron chi connectivity index (χ4n) is 4.07. The maximum absolute atomic E-state index is 10.5. The van der Waals surface area contributed by atoms with Gasteiger partial charge in [-0.05, 0) is 56.1 Å². The van der Waals surface area contributed by atoms with Crippen LogP contribution in [0.2, 0.25) is 0 Å². The zero-order valence-electron chi connectivity index (χ0n) is 13.8. The molecule has 2 nitrogen and oxygen atoms in total. The standard InChI is InChI=1S/C19H28O2/c1-13-5-6-17-15(11-13)16(20)12-19(21-17)9-7-14(8-10-19)18(2,3)4/h5-6,11,14,16,20H,7-10,12H2,1-4H3/t14?,16-,19?/m1/s1. The molecular formula is C19H28O2. The van der Waals surface area contributed by atoms with Crippen molar-refractivity contribution in [1.29, 1.82) is 0 Å². The van der Waals surface area contributed by atoms with Gasteiger partial charge in [0.15, 0.2) is 0 Å². The number of hydrogen-bond acceptors (Lipinski definition) is 2. The topological polar surface area (TPSA) is 29.5 Å². The van der Waals surface area contributed by atoms with Crippen molar-refractivity contribution in [1.82, 2.24) is 0 Å². The molecule has 0 unspecified atom stereocenters. The maximum Gasteiger partial charge on any atom is 0.125 e.